The van der Waals surface area contributed by atoms with Gasteiger partial charge in [0, 0.05) is 12.7 Å². The Bertz CT molecular complexity index is 273. The van der Waals surface area contributed by atoms with E-state index in [0.29, 0.717) is 13.1 Å². The van der Waals surface area contributed by atoms with Gasteiger partial charge >= 0.3 is 0 Å². The fourth-order valence-electron chi connectivity index (χ4n) is 1.09. The number of aryl methyl sites for hydroxylation is 1. The molecular weight excluding hydrogens is 188 g/mol. The first-order valence-corrected chi connectivity index (χ1v) is 4.60. The van der Waals surface area contributed by atoms with Gasteiger partial charge in [0.25, 0.3) is 6.43 Å². The van der Waals surface area contributed by atoms with Crippen LogP contribution in [0.15, 0.2) is 12.4 Å². The number of nitrogens with zero attached hydrogens (tertiary/aromatic N) is 2. The van der Waals surface area contributed by atoms with Crippen molar-refractivity contribution >= 4 is 0 Å². The maximum absolute atomic E-state index is 12.1. The highest BCUT2D eigenvalue weighted by atomic mass is 19.3. The molecule has 0 saturated heterocycles. The van der Waals surface area contributed by atoms with E-state index in [2.05, 4.69) is 10.4 Å². The molecule has 14 heavy (non-hydrogen) atoms. The van der Waals surface area contributed by atoms with Gasteiger partial charge in [0.05, 0.1) is 18.8 Å². The summed E-state index contributed by atoms with van der Waals surface area (Å²) in [6.07, 6.45) is 1.32. The van der Waals surface area contributed by atoms with Gasteiger partial charge in [-0.25, -0.2) is 8.78 Å². The van der Waals surface area contributed by atoms with Crippen LogP contribution in [0.5, 0.6) is 0 Å². The lowest BCUT2D eigenvalue weighted by Crippen LogP contribution is -2.34. The van der Waals surface area contributed by atoms with E-state index in [9.17, 15) is 8.78 Å². The second-order valence-corrected chi connectivity index (χ2v) is 3.36. The van der Waals surface area contributed by atoms with Gasteiger partial charge in [-0.2, -0.15) is 5.10 Å². The smallest absolute Gasteiger partial charge is 0.253 e. The number of aromatic nitrogens is 2. The molecular formula is C9H15F2N3. The van der Waals surface area contributed by atoms with Gasteiger partial charge in [-0.3, -0.25) is 4.68 Å². The molecule has 0 aliphatic rings. The molecule has 3 nitrogen and oxygen atoms in total. The van der Waals surface area contributed by atoms with E-state index in [1.54, 1.807) is 10.9 Å². The van der Waals surface area contributed by atoms with Gasteiger partial charge in [0.2, 0.25) is 0 Å². The van der Waals surface area contributed by atoms with Crippen LogP contribution in [0.25, 0.3) is 0 Å². The molecule has 1 rings (SSSR count). The standard InChI is InChI=1S/C9H15F2N3/c1-7-5-13-14(6-7)4-3-12-8(2)9(10)11/h5-6,8-9,12H,3-4H2,1-2H3. The maximum Gasteiger partial charge on any atom is 0.253 e. The van der Waals surface area contributed by atoms with Crippen LogP contribution in [-0.4, -0.2) is 28.8 Å². The molecule has 1 atom stereocenters. The van der Waals surface area contributed by atoms with Crippen LogP contribution in [0.2, 0.25) is 0 Å². The molecule has 0 amide bonds. The summed E-state index contributed by atoms with van der Waals surface area (Å²) in [6, 6.07) is -0.758. The summed E-state index contributed by atoms with van der Waals surface area (Å²) in [5.74, 6) is 0. The fraction of sp³-hybridized carbons (Fsp3) is 0.667. The van der Waals surface area contributed by atoms with Gasteiger partial charge < -0.3 is 5.32 Å². The summed E-state index contributed by atoms with van der Waals surface area (Å²) in [4.78, 5) is 0. The molecule has 1 heterocycles. The second-order valence-electron chi connectivity index (χ2n) is 3.36. The summed E-state index contributed by atoms with van der Waals surface area (Å²) in [6.45, 7) is 4.54. The molecule has 0 radical (unpaired) electrons. The molecule has 1 aromatic rings. The molecule has 0 bridgehead atoms. The summed E-state index contributed by atoms with van der Waals surface area (Å²) in [5, 5.41) is 6.78. The average Bonchev–Trinajstić information content (AvgIpc) is 2.51. The van der Waals surface area contributed by atoms with Crippen LogP contribution in [-0.2, 0) is 6.54 Å². The Hall–Kier alpha value is -0.970. The van der Waals surface area contributed by atoms with Crippen molar-refractivity contribution in [1.29, 1.82) is 0 Å². The SMILES string of the molecule is Cc1cnn(CCNC(C)C(F)F)c1. The highest BCUT2D eigenvalue weighted by Crippen LogP contribution is 1.99. The van der Waals surface area contributed by atoms with E-state index in [4.69, 9.17) is 0 Å². The van der Waals surface area contributed by atoms with Crippen molar-refractivity contribution in [3.63, 3.8) is 0 Å². The lowest BCUT2D eigenvalue weighted by atomic mass is 10.3. The zero-order valence-electron chi connectivity index (χ0n) is 8.37. The predicted molar refractivity (Wildman–Crippen MR) is 50.4 cm³/mol. The quantitative estimate of drug-likeness (QED) is 0.784. The number of hydrogen-bond donors (Lipinski definition) is 1. The third kappa shape index (κ3) is 3.41. The highest BCUT2D eigenvalue weighted by molar-refractivity contribution is 4.99. The van der Waals surface area contributed by atoms with E-state index in [1.165, 1.54) is 6.92 Å². The Morgan fingerprint density at radius 1 is 1.57 bits per heavy atom. The molecule has 0 fully saturated rings. The fourth-order valence-corrected chi connectivity index (χ4v) is 1.09. The van der Waals surface area contributed by atoms with Gasteiger partial charge in [-0.15, -0.1) is 0 Å². The van der Waals surface area contributed by atoms with Gasteiger partial charge in [-0.05, 0) is 19.4 Å². The van der Waals surface area contributed by atoms with Crippen molar-refractivity contribution in [2.45, 2.75) is 32.9 Å². The average molecular weight is 203 g/mol. The number of alkyl halides is 2. The first-order valence-electron chi connectivity index (χ1n) is 4.60. The van der Waals surface area contributed by atoms with Crippen molar-refractivity contribution in [3.8, 4) is 0 Å². The number of halogens is 2. The van der Waals surface area contributed by atoms with Crippen molar-refractivity contribution in [2.75, 3.05) is 6.54 Å². The Kier molecular flexibility index (Phi) is 4.00. The van der Waals surface area contributed by atoms with Crippen LogP contribution >= 0.6 is 0 Å². The van der Waals surface area contributed by atoms with Gasteiger partial charge in [-0.1, -0.05) is 0 Å². The van der Waals surface area contributed by atoms with Crippen LogP contribution in [0.3, 0.4) is 0 Å². The van der Waals surface area contributed by atoms with E-state index in [1.807, 2.05) is 13.1 Å². The zero-order valence-corrected chi connectivity index (χ0v) is 8.37. The van der Waals surface area contributed by atoms with Crippen LogP contribution in [0, 0.1) is 6.92 Å². The third-order valence-electron chi connectivity index (χ3n) is 1.95. The van der Waals surface area contributed by atoms with Crippen LogP contribution in [0.1, 0.15) is 12.5 Å². The summed E-state index contributed by atoms with van der Waals surface area (Å²) in [5.41, 5.74) is 1.08. The summed E-state index contributed by atoms with van der Waals surface area (Å²) in [7, 11) is 0. The van der Waals surface area contributed by atoms with Crippen molar-refractivity contribution in [1.82, 2.24) is 15.1 Å². The Balaban J connectivity index is 2.22. The second kappa shape index (κ2) is 5.05. The molecule has 0 aliphatic heterocycles. The molecule has 0 spiro atoms. The molecule has 1 aromatic heterocycles. The minimum atomic E-state index is -2.31. The molecule has 5 heteroatoms. The third-order valence-corrected chi connectivity index (χ3v) is 1.95. The Morgan fingerprint density at radius 3 is 2.79 bits per heavy atom. The molecule has 0 aliphatic carbocycles. The zero-order chi connectivity index (χ0) is 10.6. The number of hydrogen-bond acceptors (Lipinski definition) is 2. The first-order chi connectivity index (χ1) is 6.59. The molecule has 0 saturated carbocycles. The highest BCUT2D eigenvalue weighted by Gasteiger charge is 2.12. The Morgan fingerprint density at radius 2 is 2.29 bits per heavy atom. The normalized spacial score (nSPS) is 13.5. The maximum atomic E-state index is 12.1. The van der Waals surface area contributed by atoms with Crippen molar-refractivity contribution in [3.05, 3.63) is 18.0 Å². The Labute approximate surface area is 82.1 Å². The van der Waals surface area contributed by atoms with Crippen LogP contribution in [0.4, 0.5) is 8.78 Å². The van der Waals surface area contributed by atoms with E-state index >= 15 is 0 Å². The molecule has 1 N–H and O–H groups in total. The molecule has 80 valence electrons. The van der Waals surface area contributed by atoms with E-state index in [-0.39, 0.29) is 0 Å². The predicted octanol–water partition coefficient (Wildman–Crippen LogP) is 1.43. The van der Waals surface area contributed by atoms with Crippen molar-refractivity contribution in [2.24, 2.45) is 0 Å². The first kappa shape index (κ1) is 11.1. The summed E-state index contributed by atoms with van der Waals surface area (Å²) < 4.78 is 25.9. The van der Waals surface area contributed by atoms with Gasteiger partial charge in [0.15, 0.2) is 0 Å². The molecule has 1 unspecified atom stereocenters. The lowest BCUT2D eigenvalue weighted by molar-refractivity contribution is 0.106. The topological polar surface area (TPSA) is 29.9 Å². The van der Waals surface area contributed by atoms with Crippen molar-refractivity contribution < 1.29 is 8.78 Å². The summed E-state index contributed by atoms with van der Waals surface area (Å²) >= 11 is 0. The van der Waals surface area contributed by atoms with E-state index < -0.39 is 12.5 Å². The van der Waals surface area contributed by atoms with Gasteiger partial charge in [0.1, 0.15) is 0 Å². The van der Waals surface area contributed by atoms with E-state index in [0.717, 1.165) is 5.56 Å². The monoisotopic (exact) mass is 203 g/mol. The largest absolute Gasteiger partial charge is 0.307 e. The number of nitrogens with one attached hydrogen (secondary N) is 1. The lowest BCUT2D eigenvalue weighted by Gasteiger charge is -2.12. The molecule has 0 aromatic carbocycles. The minimum Gasteiger partial charge on any atom is -0.307 e. The van der Waals surface area contributed by atoms with Crippen LogP contribution < -0.4 is 5.32 Å². The minimum absolute atomic E-state index is 0.507. The number of rotatable bonds is 5.